The number of aliphatic hydroxyl groups is 1. The minimum atomic E-state index is -1.33. The van der Waals surface area contributed by atoms with Gasteiger partial charge in [-0.2, -0.15) is 0 Å². The van der Waals surface area contributed by atoms with Crippen LogP contribution in [0.1, 0.15) is 17.4 Å². The van der Waals surface area contributed by atoms with Crippen molar-refractivity contribution in [1.82, 2.24) is 14.9 Å². The highest BCUT2D eigenvalue weighted by Gasteiger charge is 2.26. The Hall–Kier alpha value is -1.89. The van der Waals surface area contributed by atoms with Gasteiger partial charge in [-0.1, -0.05) is 0 Å². The van der Waals surface area contributed by atoms with Crippen LogP contribution in [-0.2, 0) is 11.8 Å². The van der Waals surface area contributed by atoms with Crippen LogP contribution < -0.4 is 5.32 Å². The average Bonchev–Trinajstić information content (AvgIpc) is 2.59. The maximum Gasteiger partial charge on any atom is 0.328 e. The summed E-state index contributed by atoms with van der Waals surface area (Å²) in [6.07, 6.45) is 1.57. The Kier molecular flexibility index (Phi) is 3.62. The van der Waals surface area contributed by atoms with Crippen molar-refractivity contribution in [3.63, 3.8) is 0 Å². The molecule has 2 atom stereocenters. The predicted molar refractivity (Wildman–Crippen MR) is 53.8 cm³/mol. The van der Waals surface area contributed by atoms with Gasteiger partial charge >= 0.3 is 5.97 Å². The number of aromatic nitrogens is 2. The van der Waals surface area contributed by atoms with Crippen molar-refractivity contribution in [3.05, 3.63) is 18.2 Å². The van der Waals surface area contributed by atoms with Gasteiger partial charge in [0, 0.05) is 7.05 Å². The van der Waals surface area contributed by atoms with E-state index in [2.05, 4.69) is 10.3 Å². The third kappa shape index (κ3) is 2.57. The summed E-state index contributed by atoms with van der Waals surface area (Å²) in [7, 11) is 1.61. The van der Waals surface area contributed by atoms with E-state index in [-0.39, 0.29) is 5.69 Å². The molecule has 88 valence electrons. The van der Waals surface area contributed by atoms with Gasteiger partial charge < -0.3 is 20.1 Å². The number of nitrogens with zero attached hydrogens (tertiary/aromatic N) is 2. The molecule has 1 rings (SSSR count). The third-order valence-electron chi connectivity index (χ3n) is 2.08. The topological polar surface area (TPSA) is 104 Å². The summed E-state index contributed by atoms with van der Waals surface area (Å²) >= 11 is 0. The van der Waals surface area contributed by atoms with Crippen LogP contribution in [0.15, 0.2) is 12.5 Å². The molecular weight excluding hydrogens is 214 g/mol. The summed E-state index contributed by atoms with van der Waals surface area (Å²) in [5.74, 6) is -1.88. The predicted octanol–water partition coefficient (Wildman–Crippen LogP) is -1.02. The number of hydrogen-bond acceptors (Lipinski definition) is 4. The van der Waals surface area contributed by atoms with Gasteiger partial charge in [-0.3, -0.25) is 4.79 Å². The van der Waals surface area contributed by atoms with E-state index in [1.165, 1.54) is 24.0 Å². The van der Waals surface area contributed by atoms with Crippen molar-refractivity contribution < 1.29 is 19.8 Å². The molecule has 1 aromatic heterocycles. The average molecular weight is 227 g/mol. The number of carbonyl (C=O) groups excluding carboxylic acids is 1. The monoisotopic (exact) mass is 227 g/mol. The molecule has 0 aliphatic heterocycles. The van der Waals surface area contributed by atoms with E-state index in [9.17, 15) is 14.7 Å². The maximum atomic E-state index is 11.6. The molecule has 7 nitrogen and oxygen atoms in total. The van der Waals surface area contributed by atoms with Gasteiger partial charge in [-0.25, -0.2) is 9.78 Å². The summed E-state index contributed by atoms with van der Waals surface area (Å²) in [6.45, 7) is 1.29. The Balaban J connectivity index is 2.77. The fourth-order valence-electron chi connectivity index (χ4n) is 1.18. The number of nitrogens with one attached hydrogen (secondary N) is 1. The Morgan fingerprint density at radius 1 is 1.56 bits per heavy atom. The maximum absolute atomic E-state index is 11.6. The highest BCUT2D eigenvalue weighted by molar-refractivity contribution is 5.95. The highest BCUT2D eigenvalue weighted by Crippen LogP contribution is 1.99. The molecule has 0 aliphatic rings. The van der Waals surface area contributed by atoms with Crippen LogP contribution in [0.2, 0.25) is 0 Å². The van der Waals surface area contributed by atoms with E-state index in [0.717, 1.165) is 0 Å². The van der Waals surface area contributed by atoms with Gasteiger partial charge in [-0.15, -0.1) is 0 Å². The third-order valence-corrected chi connectivity index (χ3v) is 2.08. The summed E-state index contributed by atoms with van der Waals surface area (Å²) < 4.78 is 1.45. The number of hydrogen-bond donors (Lipinski definition) is 3. The second kappa shape index (κ2) is 4.75. The van der Waals surface area contributed by atoms with E-state index in [1.807, 2.05) is 0 Å². The molecule has 0 saturated carbocycles. The zero-order valence-electron chi connectivity index (χ0n) is 8.91. The molecule has 1 heterocycles. The molecule has 0 saturated heterocycles. The first-order chi connectivity index (χ1) is 7.43. The van der Waals surface area contributed by atoms with Crippen LogP contribution in [-0.4, -0.2) is 43.8 Å². The van der Waals surface area contributed by atoms with Crippen molar-refractivity contribution in [3.8, 4) is 0 Å². The van der Waals surface area contributed by atoms with Crippen molar-refractivity contribution in [2.75, 3.05) is 0 Å². The number of rotatable bonds is 4. The standard InChI is InChI=1S/C9H13N3O4/c1-5(13)7(9(15)16)11-8(14)6-3-10-4-12(6)2/h3-5,7,13H,1-2H3,(H,11,14)(H,15,16)/t5-,7+/m1/s1. The second-order valence-electron chi connectivity index (χ2n) is 3.42. The molecular formula is C9H13N3O4. The molecule has 7 heteroatoms. The number of aliphatic carboxylic acids is 1. The van der Waals surface area contributed by atoms with Gasteiger partial charge in [0.05, 0.1) is 18.6 Å². The number of amides is 1. The normalized spacial score (nSPS) is 14.2. The Morgan fingerprint density at radius 3 is 2.56 bits per heavy atom. The van der Waals surface area contributed by atoms with Crippen LogP contribution in [0.4, 0.5) is 0 Å². The lowest BCUT2D eigenvalue weighted by atomic mass is 10.2. The minimum absolute atomic E-state index is 0.229. The number of imidazole rings is 1. The molecule has 16 heavy (non-hydrogen) atoms. The molecule has 0 spiro atoms. The molecule has 0 bridgehead atoms. The number of carboxylic acids is 1. The van der Waals surface area contributed by atoms with Gasteiger partial charge in [0.25, 0.3) is 5.91 Å². The largest absolute Gasteiger partial charge is 0.480 e. The van der Waals surface area contributed by atoms with E-state index in [1.54, 1.807) is 7.05 Å². The fourth-order valence-corrected chi connectivity index (χ4v) is 1.18. The lowest BCUT2D eigenvalue weighted by Gasteiger charge is -2.16. The fraction of sp³-hybridized carbons (Fsp3) is 0.444. The summed E-state index contributed by atoms with van der Waals surface area (Å²) in [4.78, 5) is 26.1. The van der Waals surface area contributed by atoms with E-state index in [4.69, 9.17) is 5.11 Å². The van der Waals surface area contributed by atoms with Crippen molar-refractivity contribution >= 4 is 11.9 Å². The first-order valence-corrected chi connectivity index (χ1v) is 4.61. The molecule has 0 unspecified atom stereocenters. The Bertz CT molecular complexity index is 399. The second-order valence-corrected chi connectivity index (χ2v) is 3.42. The number of carbonyl (C=O) groups is 2. The quantitative estimate of drug-likeness (QED) is 0.611. The SMILES string of the molecule is C[C@@H](O)[C@H](NC(=O)c1cncn1C)C(=O)O. The summed E-state index contributed by atoms with van der Waals surface area (Å²) in [5, 5.41) is 20.2. The van der Waals surface area contributed by atoms with Gasteiger partial charge in [0.1, 0.15) is 5.69 Å². The first kappa shape index (κ1) is 12.2. The van der Waals surface area contributed by atoms with E-state index < -0.39 is 24.0 Å². The van der Waals surface area contributed by atoms with Crippen LogP contribution in [0.3, 0.4) is 0 Å². The van der Waals surface area contributed by atoms with E-state index >= 15 is 0 Å². The Labute approximate surface area is 91.7 Å². The number of carboxylic acid groups (broad SMARTS) is 1. The zero-order chi connectivity index (χ0) is 12.3. The van der Waals surface area contributed by atoms with Crippen LogP contribution in [0.5, 0.6) is 0 Å². The van der Waals surface area contributed by atoms with Crippen LogP contribution in [0, 0.1) is 0 Å². The molecule has 0 aliphatic carbocycles. The van der Waals surface area contributed by atoms with E-state index in [0.29, 0.717) is 0 Å². The lowest BCUT2D eigenvalue weighted by molar-refractivity contribution is -0.141. The molecule has 0 radical (unpaired) electrons. The van der Waals surface area contributed by atoms with Gasteiger partial charge in [0.2, 0.25) is 0 Å². The molecule has 1 amide bonds. The van der Waals surface area contributed by atoms with Crippen molar-refractivity contribution in [2.45, 2.75) is 19.1 Å². The van der Waals surface area contributed by atoms with Gasteiger partial charge in [0.15, 0.2) is 6.04 Å². The van der Waals surface area contributed by atoms with Crippen molar-refractivity contribution in [1.29, 1.82) is 0 Å². The zero-order valence-corrected chi connectivity index (χ0v) is 8.91. The van der Waals surface area contributed by atoms with Crippen molar-refractivity contribution in [2.24, 2.45) is 7.05 Å². The molecule has 0 fully saturated rings. The number of aliphatic hydroxyl groups excluding tert-OH is 1. The summed E-state index contributed by atoms with van der Waals surface area (Å²) in [5.41, 5.74) is 0.229. The Morgan fingerprint density at radius 2 is 2.19 bits per heavy atom. The first-order valence-electron chi connectivity index (χ1n) is 4.61. The summed E-state index contributed by atoms with van der Waals surface area (Å²) in [6, 6.07) is -1.33. The highest BCUT2D eigenvalue weighted by atomic mass is 16.4. The smallest absolute Gasteiger partial charge is 0.328 e. The molecule has 3 N–H and O–H groups in total. The molecule has 1 aromatic rings. The number of aryl methyl sites for hydroxylation is 1. The van der Waals surface area contributed by atoms with Gasteiger partial charge in [-0.05, 0) is 6.92 Å². The minimum Gasteiger partial charge on any atom is -0.480 e. The lowest BCUT2D eigenvalue weighted by Crippen LogP contribution is -2.48. The van der Waals surface area contributed by atoms with Crippen LogP contribution in [0.25, 0.3) is 0 Å². The van der Waals surface area contributed by atoms with Crippen LogP contribution >= 0.6 is 0 Å². The molecule has 0 aromatic carbocycles.